The Labute approximate surface area is 170 Å². The van der Waals surface area contributed by atoms with E-state index in [1.54, 1.807) is 0 Å². The molecule has 1 saturated heterocycles. The molecule has 0 bridgehead atoms. The minimum Gasteiger partial charge on any atom is -0.377 e. The SMILES string of the molecule is CN(C)S(=O)(=O)c1ccc(S(=O)(=O)N(Cc2cccs2)C[C@@H]2CCCO2)cc1. The highest BCUT2D eigenvalue weighted by atomic mass is 32.2. The molecule has 1 aliphatic heterocycles. The Morgan fingerprint density at radius 3 is 2.18 bits per heavy atom. The summed E-state index contributed by atoms with van der Waals surface area (Å²) in [6.07, 6.45) is 1.63. The first-order valence-corrected chi connectivity index (χ1v) is 12.6. The van der Waals surface area contributed by atoms with Crippen molar-refractivity contribution in [2.75, 3.05) is 27.2 Å². The summed E-state index contributed by atoms with van der Waals surface area (Å²) < 4.78 is 59.1. The largest absolute Gasteiger partial charge is 0.377 e. The van der Waals surface area contributed by atoms with Crippen LogP contribution >= 0.6 is 11.3 Å². The molecule has 0 N–H and O–H groups in total. The van der Waals surface area contributed by atoms with Crippen molar-refractivity contribution >= 4 is 31.4 Å². The second-order valence-electron chi connectivity index (χ2n) is 6.77. The van der Waals surface area contributed by atoms with Gasteiger partial charge in [0.15, 0.2) is 0 Å². The van der Waals surface area contributed by atoms with Crippen molar-refractivity contribution in [2.24, 2.45) is 0 Å². The summed E-state index contributed by atoms with van der Waals surface area (Å²) in [5.41, 5.74) is 0. The standard InChI is InChI=1S/C18H24N2O5S3/c1-19(2)27(21,22)17-7-9-18(10-8-17)28(23,24)20(13-15-5-3-11-25-15)14-16-6-4-12-26-16/h4,6-10,12,15H,3,5,11,13-14H2,1-2H3/t15-/m0/s1. The lowest BCUT2D eigenvalue weighted by atomic mass is 10.2. The van der Waals surface area contributed by atoms with Gasteiger partial charge in [-0.25, -0.2) is 21.1 Å². The minimum atomic E-state index is -3.80. The first kappa shape index (κ1) is 21.4. The molecule has 0 saturated carbocycles. The summed E-state index contributed by atoms with van der Waals surface area (Å²) in [7, 11) is -4.54. The van der Waals surface area contributed by atoms with E-state index in [0.29, 0.717) is 6.61 Å². The summed E-state index contributed by atoms with van der Waals surface area (Å²) in [6.45, 7) is 1.18. The van der Waals surface area contributed by atoms with Crippen LogP contribution in [0.3, 0.4) is 0 Å². The van der Waals surface area contributed by atoms with Gasteiger partial charge in [-0.1, -0.05) is 6.07 Å². The molecular formula is C18H24N2O5S3. The molecule has 1 aromatic heterocycles. The third-order valence-corrected chi connectivity index (χ3v) is 9.10. The van der Waals surface area contributed by atoms with E-state index in [1.165, 1.54) is 54.0 Å². The van der Waals surface area contributed by atoms with Gasteiger partial charge in [0.2, 0.25) is 20.0 Å². The monoisotopic (exact) mass is 444 g/mol. The number of nitrogens with zero attached hydrogens (tertiary/aromatic N) is 2. The van der Waals surface area contributed by atoms with Gasteiger partial charge in [-0.2, -0.15) is 4.31 Å². The predicted molar refractivity (Wildman–Crippen MR) is 108 cm³/mol. The Morgan fingerprint density at radius 1 is 1.04 bits per heavy atom. The molecule has 3 rings (SSSR count). The van der Waals surface area contributed by atoms with Crippen molar-refractivity contribution < 1.29 is 21.6 Å². The fourth-order valence-corrected chi connectivity index (χ4v) is 6.14. The van der Waals surface area contributed by atoms with Crippen LogP contribution in [0.2, 0.25) is 0 Å². The van der Waals surface area contributed by atoms with Gasteiger partial charge in [0.05, 0.1) is 15.9 Å². The molecule has 154 valence electrons. The van der Waals surface area contributed by atoms with Gasteiger partial charge >= 0.3 is 0 Å². The average molecular weight is 445 g/mol. The molecule has 0 aliphatic carbocycles. The van der Waals surface area contributed by atoms with E-state index in [2.05, 4.69) is 0 Å². The average Bonchev–Trinajstić information content (AvgIpc) is 3.35. The van der Waals surface area contributed by atoms with Crippen LogP contribution in [-0.4, -0.2) is 58.8 Å². The van der Waals surface area contributed by atoms with Crippen LogP contribution in [-0.2, 0) is 31.3 Å². The molecule has 1 fully saturated rings. The molecule has 28 heavy (non-hydrogen) atoms. The molecule has 10 heteroatoms. The minimum absolute atomic E-state index is 0.0559. The fourth-order valence-electron chi connectivity index (χ4n) is 2.98. The van der Waals surface area contributed by atoms with E-state index in [0.717, 1.165) is 22.0 Å². The van der Waals surface area contributed by atoms with Crippen LogP contribution in [0.15, 0.2) is 51.6 Å². The molecule has 2 heterocycles. The summed E-state index contributed by atoms with van der Waals surface area (Å²) in [4.78, 5) is 1.06. The lowest BCUT2D eigenvalue weighted by Gasteiger charge is -2.24. The summed E-state index contributed by atoms with van der Waals surface area (Å²) in [5, 5.41) is 1.91. The Hall–Kier alpha value is -1.30. The van der Waals surface area contributed by atoms with Gasteiger partial charge in [-0.05, 0) is 48.6 Å². The zero-order valence-corrected chi connectivity index (χ0v) is 18.3. The van der Waals surface area contributed by atoms with Gasteiger partial charge < -0.3 is 4.74 Å². The second kappa shape index (κ2) is 8.60. The van der Waals surface area contributed by atoms with Gasteiger partial charge in [0.25, 0.3) is 0 Å². The second-order valence-corrected chi connectivity index (χ2v) is 11.9. The van der Waals surface area contributed by atoms with Gasteiger partial charge in [-0.3, -0.25) is 0 Å². The summed E-state index contributed by atoms with van der Waals surface area (Å²) >= 11 is 1.50. The van der Waals surface area contributed by atoms with E-state index in [-0.39, 0.29) is 29.0 Å². The topological polar surface area (TPSA) is 84.0 Å². The van der Waals surface area contributed by atoms with Crippen molar-refractivity contribution in [3.8, 4) is 0 Å². The van der Waals surface area contributed by atoms with Crippen molar-refractivity contribution in [1.29, 1.82) is 0 Å². The molecular weight excluding hydrogens is 420 g/mol. The lowest BCUT2D eigenvalue weighted by molar-refractivity contribution is 0.0927. The number of thiophene rings is 1. The van der Waals surface area contributed by atoms with E-state index in [9.17, 15) is 16.8 Å². The van der Waals surface area contributed by atoms with Crippen molar-refractivity contribution in [1.82, 2.24) is 8.61 Å². The Balaban J connectivity index is 1.89. The van der Waals surface area contributed by atoms with E-state index in [4.69, 9.17) is 4.74 Å². The number of sulfonamides is 2. The van der Waals surface area contributed by atoms with E-state index < -0.39 is 20.0 Å². The van der Waals surface area contributed by atoms with Crippen LogP contribution in [0.4, 0.5) is 0 Å². The highest BCUT2D eigenvalue weighted by molar-refractivity contribution is 7.89. The smallest absolute Gasteiger partial charge is 0.243 e. The third-order valence-electron chi connectivity index (χ3n) is 4.58. The van der Waals surface area contributed by atoms with Crippen molar-refractivity contribution in [2.45, 2.75) is 35.3 Å². The quantitative estimate of drug-likeness (QED) is 0.624. The number of hydrogen-bond acceptors (Lipinski definition) is 6. The molecule has 1 aromatic carbocycles. The maximum Gasteiger partial charge on any atom is 0.243 e. The Kier molecular flexibility index (Phi) is 6.58. The zero-order chi connectivity index (χ0) is 20.4. The lowest BCUT2D eigenvalue weighted by Crippen LogP contribution is -2.36. The Bertz CT molecular complexity index is 978. The number of benzene rings is 1. The highest BCUT2D eigenvalue weighted by Crippen LogP contribution is 2.25. The molecule has 0 radical (unpaired) electrons. The van der Waals surface area contributed by atoms with E-state index >= 15 is 0 Å². The van der Waals surface area contributed by atoms with Gasteiger partial charge in [0.1, 0.15) is 0 Å². The van der Waals surface area contributed by atoms with Crippen LogP contribution in [0.25, 0.3) is 0 Å². The molecule has 2 aromatic rings. The van der Waals surface area contributed by atoms with E-state index in [1.807, 2.05) is 17.5 Å². The molecule has 1 atom stereocenters. The van der Waals surface area contributed by atoms with Crippen LogP contribution < -0.4 is 0 Å². The maximum absolute atomic E-state index is 13.3. The normalized spacial score (nSPS) is 18.2. The number of rotatable bonds is 8. The fraction of sp³-hybridized carbons (Fsp3) is 0.444. The number of ether oxygens (including phenoxy) is 1. The first-order chi connectivity index (χ1) is 13.2. The molecule has 0 spiro atoms. The van der Waals surface area contributed by atoms with Crippen LogP contribution in [0.5, 0.6) is 0 Å². The first-order valence-electron chi connectivity index (χ1n) is 8.88. The molecule has 7 nitrogen and oxygen atoms in total. The third kappa shape index (κ3) is 4.64. The molecule has 0 unspecified atom stereocenters. The zero-order valence-electron chi connectivity index (χ0n) is 15.8. The van der Waals surface area contributed by atoms with Crippen molar-refractivity contribution in [3.05, 3.63) is 46.7 Å². The highest BCUT2D eigenvalue weighted by Gasteiger charge is 2.30. The van der Waals surface area contributed by atoms with Crippen LogP contribution in [0, 0.1) is 0 Å². The summed E-state index contributed by atoms with van der Waals surface area (Å²) in [6, 6.07) is 9.15. The van der Waals surface area contributed by atoms with Gasteiger partial charge in [0, 0.05) is 38.7 Å². The predicted octanol–water partition coefficient (Wildman–Crippen LogP) is 2.37. The number of hydrogen-bond donors (Lipinski definition) is 0. The maximum atomic E-state index is 13.3. The van der Waals surface area contributed by atoms with Gasteiger partial charge in [-0.15, -0.1) is 11.3 Å². The van der Waals surface area contributed by atoms with Crippen molar-refractivity contribution in [3.63, 3.8) is 0 Å². The Morgan fingerprint density at radius 2 is 1.68 bits per heavy atom. The van der Waals surface area contributed by atoms with Crippen LogP contribution in [0.1, 0.15) is 17.7 Å². The summed E-state index contributed by atoms with van der Waals surface area (Å²) in [5.74, 6) is 0. The molecule has 1 aliphatic rings. The molecule has 0 amide bonds.